The Balaban J connectivity index is 0.000000262. The lowest BCUT2D eigenvalue weighted by Crippen LogP contribution is -2.40. The Labute approximate surface area is 386 Å². The van der Waals surface area contributed by atoms with E-state index >= 15 is 0 Å². The van der Waals surface area contributed by atoms with Crippen molar-refractivity contribution in [3.8, 4) is 45.9 Å². The summed E-state index contributed by atoms with van der Waals surface area (Å²) in [6.07, 6.45) is 5.74. The molecule has 0 saturated carbocycles. The van der Waals surface area contributed by atoms with Gasteiger partial charge in [0.05, 0.1) is 37.8 Å². The van der Waals surface area contributed by atoms with Crippen molar-refractivity contribution in [1.82, 2.24) is 14.9 Å². The third-order valence-electron chi connectivity index (χ3n) is 10.7. The summed E-state index contributed by atoms with van der Waals surface area (Å²) >= 11 is 0. The first-order chi connectivity index (χ1) is 32.1. The minimum atomic E-state index is -1.12. The number of hydrogen-bond acceptors (Lipinski definition) is 10. The third-order valence-corrected chi connectivity index (χ3v) is 10.7. The second kappa shape index (κ2) is 24.5. The number of ether oxygens (including phenoxy) is 4. The summed E-state index contributed by atoms with van der Waals surface area (Å²) in [6.45, 7) is 10.1. The standard InChI is InChI=1S/C34H38N2O7.C20H19NO2/c1-4-5-7-12-31(36(23-32(37)38)34(39)43-29-19-17-27(40-3)18-20-29)25-13-15-28(16-14-25)41-22-21-30-24(2)42-33(35-30)26-10-8-6-9-11-26;1-3-16-9-11-18(12-10-16)22-14-13-19-15(2)23-20(21-19)17-7-5-4-6-8-17/h6,8-11,13-20,31H,4-5,7,12,21-23H2,1-3H3,(H,37,38);3-12H,1,13-14H2,2H3/t31-;/m0./s1. The molecule has 0 fully saturated rings. The molecule has 1 N–H and O–H groups in total. The van der Waals surface area contributed by atoms with Crippen LogP contribution in [0.25, 0.3) is 29.0 Å². The predicted molar refractivity (Wildman–Crippen MR) is 255 cm³/mol. The van der Waals surface area contributed by atoms with Crippen LogP contribution in [-0.2, 0) is 17.6 Å². The van der Waals surface area contributed by atoms with Gasteiger partial charge < -0.3 is 32.9 Å². The molecule has 0 spiro atoms. The van der Waals surface area contributed by atoms with Crippen LogP contribution < -0.4 is 18.9 Å². The van der Waals surface area contributed by atoms with Gasteiger partial charge in [-0.1, -0.05) is 99.5 Å². The Bertz CT molecular complexity index is 2570. The van der Waals surface area contributed by atoms with Crippen LogP contribution in [0, 0.1) is 13.8 Å². The van der Waals surface area contributed by atoms with Crippen LogP contribution in [0.3, 0.4) is 0 Å². The molecule has 0 aliphatic heterocycles. The number of carbonyl (C=O) groups is 2. The quantitative estimate of drug-likeness (QED) is 0.0688. The lowest BCUT2D eigenvalue weighted by molar-refractivity contribution is -0.138. The van der Waals surface area contributed by atoms with E-state index in [0.29, 0.717) is 61.5 Å². The monoisotopic (exact) mass is 891 g/mol. The molecule has 1 atom stereocenters. The van der Waals surface area contributed by atoms with Crippen molar-refractivity contribution in [2.24, 2.45) is 0 Å². The molecule has 7 aromatic rings. The molecule has 0 aliphatic rings. The number of carboxylic acid groups (broad SMARTS) is 1. The maximum absolute atomic E-state index is 13.3. The van der Waals surface area contributed by atoms with Gasteiger partial charge in [-0.3, -0.25) is 9.69 Å². The average molecular weight is 892 g/mol. The van der Waals surface area contributed by atoms with Crippen LogP contribution in [0.4, 0.5) is 4.79 Å². The molecule has 2 aromatic heterocycles. The van der Waals surface area contributed by atoms with Crippen LogP contribution in [0.15, 0.2) is 149 Å². The highest BCUT2D eigenvalue weighted by atomic mass is 16.6. The van der Waals surface area contributed by atoms with Crippen LogP contribution in [0.2, 0.25) is 0 Å². The molecule has 7 rings (SSSR count). The second-order valence-electron chi connectivity index (χ2n) is 15.4. The van der Waals surface area contributed by atoms with Crippen LogP contribution in [0.1, 0.15) is 72.7 Å². The van der Waals surface area contributed by atoms with E-state index in [1.54, 1.807) is 31.4 Å². The average Bonchev–Trinajstić information content (AvgIpc) is 3.92. The maximum atomic E-state index is 13.3. The van der Waals surface area contributed by atoms with Crippen molar-refractivity contribution >= 4 is 18.1 Å². The van der Waals surface area contributed by atoms with E-state index in [9.17, 15) is 14.7 Å². The summed E-state index contributed by atoms with van der Waals surface area (Å²) in [7, 11) is 1.55. The van der Waals surface area contributed by atoms with Gasteiger partial charge in [-0.05, 0) is 104 Å². The Morgan fingerprint density at radius 1 is 0.682 bits per heavy atom. The molecule has 342 valence electrons. The van der Waals surface area contributed by atoms with Crippen molar-refractivity contribution in [2.45, 2.75) is 65.3 Å². The van der Waals surface area contributed by atoms with Gasteiger partial charge in [-0.15, -0.1) is 0 Å². The van der Waals surface area contributed by atoms with E-state index in [1.165, 1.54) is 4.90 Å². The summed E-state index contributed by atoms with van der Waals surface area (Å²) < 4.78 is 34.1. The number of carboxylic acids is 1. The topological polar surface area (TPSA) is 147 Å². The molecule has 66 heavy (non-hydrogen) atoms. The molecule has 0 saturated heterocycles. The number of benzene rings is 5. The molecular formula is C54H57N3O9. The highest BCUT2D eigenvalue weighted by Gasteiger charge is 2.29. The smallest absolute Gasteiger partial charge is 0.416 e. The summed E-state index contributed by atoms with van der Waals surface area (Å²) in [5.41, 5.74) is 5.57. The summed E-state index contributed by atoms with van der Waals surface area (Å²) in [5.74, 6) is 4.15. The van der Waals surface area contributed by atoms with Gasteiger partial charge in [-0.2, -0.15) is 0 Å². The van der Waals surface area contributed by atoms with Crippen molar-refractivity contribution < 1.29 is 42.5 Å². The summed E-state index contributed by atoms with van der Waals surface area (Å²) in [4.78, 5) is 35.6. The number of amides is 1. The highest BCUT2D eigenvalue weighted by Crippen LogP contribution is 2.31. The highest BCUT2D eigenvalue weighted by molar-refractivity contribution is 5.78. The largest absolute Gasteiger partial charge is 0.497 e. The minimum absolute atomic E-state index is 0.301. The molecule has 0 radical (unpaired) electrons. The Kier molecular flexibility index (Phi) is 17.7. The Morgan fingerprint density at radius 2 is 1.17 bits per heavy atom. The van der Waals surface area contributed by atoms with Crippen molar-refractivity contribution in [3.05, 3.63) is 174 Å². The van der Waals surface area contributed by atoms with Crippen molar-refractivity contribution in [3.63, 3.8) is 0 Å². The predicted octanol–water partition coefficient (Wildman–Crippen LogP) is 12.4. The molecule has 0 bridgehead atoms. The fourth-order valence-electron chi connectivity index (χ4n) is 7.09. The second-order valence-corrected chi connectivity index (χ2v) is 15.4. The summed E-state index contributed by atoms with van der Waals surface area (Å²) in [6, 6.07) is 41.0. The van der Waals surface area contributed by atoms with Crippen LogP contribution >= 0.6 is 0 Å². The fraction of sp³-hybridized carbons (Fsp3) is 0.259. The number of aryl methyl sites for hydroxylation is 2. The fourth-order valence-corrected chi connectivity index (χ4v) is 7.09. The van der Waals surface area contributed by atoms with E-state index in [1.807, 2.05) is 129 Å². The lowest BCUT2D eigenvalue weighted by Gasteiger charge is -2.30. The first-order valence-corrected chi connectivity index (χ1v) is 22.1. The lowest BCUT2D eigenvalue weighted by atomic mass is 9.98. The number of unbranched alkanes of at least 4 members (excludes halogenated alkanes) is 2. The van der Waals surface area contributed by atoms with Crippen molar-refractivity contribution in [1.29, 1.82) is 0 Å². The van der Waals surface area contributed by atoms with E-state index in [0.717, 1.165) is 70.2 Å². The minimum Gasteiger partial charge on any atom is -0.497 e. The van der Waals surface area contributed by atoms with Crippen molar-refractivity contribution in [2.75, 3.05) is 26.9 Å². The van der Waals surface area contributed by atoms with E-state index in [2.05, 4.69) is 23.5 Å². The van der Waals surface area contributed by atoms with Gasteiger partial charge in [-0.25, -0.2) is 14.8 Å². The number of carbonyl (C=O) groups excluding carboxylic acids is 1. The third kappa shape index (κ3) is 13.9. The molecule has 5 aromatic carbocycles. The number of nitrogens with zero attached hydrogens (tertiary/aromatic N) is 3. The molecule has 12 heteroatoms. The van der Waals surface area contributed by atoms with E-state index in [-0.39, 0.29) is 0 Å². The SMILES string of the molecule is C=Cc1ccc(OCCc2nc(-c3ccccc3)oc2C)cc1.CCCCC[C@@H](c1ccc(OCCc2nc(-c3ccccc3)oc2C)cc1)N(CC(=O)O)C(=O)Oc1ccc(OC)cc1. The zero-order chi connectivity index (χ0) is 46.7. The number of aliphatic carboxylic acids is 1. The number of hydrogen-bond donors (Lipinski definition) is 1. The van der Waals surface area contributed by atoms with Gasteiger partial charge in [0.15, 0.2) is 0 Å². The number of aromatic nitrogens is 2. The van der Waals surface area contributed by atoms with Crippen LogP contribution in [0.5, 0.6) is 23.0 Å². The first kappa shape index (κ1) is 47.9. The van der Waals surface area contributed by atoms with E-state index in [4.69, 9.17) is 27.8 Å². The number of methoxy groups -OCH3 is 1. The van der Waals surface area contributed by atoms with E-state index < -0.39 is 24.6 Å². The molecule has 12 nitrogen and oxygen atoms in total. The number of oxazole rings is 2. The zero-order valence-corrected chi connectivity index (χ0v) is 38.0. The molecule has 1 amide bonds. The zero-order valence-electron chi connectivity index (χ0n) is 38.0. The maximum Gasteiger partial charge on any atom is 0.416 e. The van der Waals surface area contributed by atoms with Gasteiger partial charge >= 0.3 is 12.1 Å². The normalized spacial score (nSPS) is 11.2. The summed E-state index contributed by atoms with van der Waals surface area (Å²) in [5, 5.41) is 9.66. The first-order valence-electron chi connectivity index (χ1n) is 22.1. The Morgan fingerprint density at radius 3 is 1.64 bits per heavy atom. The van der Waals surface area contributed by atoms with Gasteiger partial charge in [0, 0.05) is 24.0 Å². The van der Waals surface area contributed by atoms with Gasteiger partial charge in [0.2, 0.25) is 11.8 Å². The number of rotatable bonds is 21. The molecule has 0 unspecified atom stereocenters. The Hall–Kier alpha value is -7.60. The molecule has 0 aliphatic carbocycles. The van der Waals surface area contributed by atoms with Gasteiger partial charge in [0.25, 0.3) is 0 Å². The molecular weight excluding hydrogens is 835 g/mol. The molecule has 2 heterocycles. The van der Waals surface area contributed by atoms with Gasteiger partial charge in [0.1, 0.15) is 41.1 Å². The van der Waals surface area contributed by atoms with Crippen LogP contribution in [-0.4, -0.2) is 58.9 Å².